The number of nitrogens with zero attached hydrogens (tertiary/aromatic N) is 2. The average Bonchev–Trinajstić information content (AvgIpc) is 3.36. The molecule has 12 nitrogen and oxygen atoms in total. The predicted octanol–water partition coefficient (Wildman–Crippen LogP) is 1.33. The molecular formula is C26H35N5O7S. The van der Waals surface area contributed by atoms with Gasteiger partial charge >= 0.3 is 16.3 Å². The van der Waals surface area contributed by atoms with E-state index >= 15 is 0 Å². The molecule has 13 heteroatoms. The first-order valence-corrected chi connectivity index (χ1v) is 14.6. The van der Waals surface area contributed by atoms with Crippen molar-refractivity contribution in [2.75, 3.05) is 17.9 Å². The lowest BCUT2D eigenvalue weighted by Crippen LogP contribution is -2.58. The Labute approximate surface area is 228 Å². The van der Waals surface area contributed by atoms with Gasteiger partial charge in [-0.05, 0) is 57.1 Å². The number of hydrogen-bond acceptors (Lipinski definition) is 7. The lowest BCUT2D eigenvalue weighted by Gasteiger charge is -2.29. The minimum absolute atomic E-state index is 0.222. The number of ether oxygens (including phenoxy) is 1. The Morgan fingerprint density at radius 2 is 1.87 bits per heavy atom. The SMILES string of the molecule is CN(c1ccccc1)S(=O)(=O)NC(=O)C12CC1/C=C/CCCCCC(OC(N)=O)C(=O)N1CCCC1C(=O)N2. The molecule has 2 heterocycles. The molecule has 1 aromatic rings. The van der Waals surface area contributed by atoms with Gasteiger partial charge in [0.2, 0.25) is 5.91 Å². The Morgan fingerprint density at radius 3 is 2.59 bits per heavy atom. The van der Waals surface area contributed by atoms with E-state index in [0.29, 0.717) is 31.4 Å². The fourth-order valence-electron chi connectivity index (χ4n) is 5.23. The van der Waals surface area contributed by atoms with Crippen LogP contribution in [0.4, 0.5) is 10.5 Å². The van der Waals surface area contributed by atoms with E-state index in [9.17, 15) is 27.6 Å². The van der Waals surface area contributed by atoms with E-state index in [1.54, 1.807) is 30.3 Å². The number of para-hydroxylation sites is 1. The second-order valence-corrected chi connectivity index (χ2v) is 11.9. The molecule has 4 atom stereocenters. The molecule has 1 saturated carbocycles. The summed E-state index contributed by atoms with van der Waals surface area (Å²) < 4.78 is 34.3. The normalized spacial score (nSPS) is 28.5. The van der Waals surface area contributed by atoms with E-state index in [0.717, 1.165) is 17.1 Å². The van der Waals surface area contributed by atoms with Crippen molar-refractivity contribution in [1.29, 1.82) is 0 Å². The molecule has 1 aliphatic carbocycles. The largest absolute Gasteiger partial charge is 0.436 e. The molecule has 3 aliphatic rings. The van der Waals surface area contributed by atoms with Gasteiger partial charge in [-0.2, -0.15) is 8.42 Å². The second kappa shape index (κ2) is 11.6. The van der Waals surface area contributed by atoms with Gasteiger partial charge in [0, 0.05) is 19.5 Å². The Hall–Kier alpha value is -3.61. The van der Waals surface area contributed by atoms with E-state index < -0.39 is 57.6 Å². The molecule has 1 saturated heterocycles. The van der Waals surface area contributed by atoms with Crippen molar-refractivity contribution in [3.8, 4) is 0 Å². The highest BCUT2D eigenvalue weighted by Gasteiger charge is 2.61. The van der Waals surface area contributed by atoms with Crippen LogP contribution in [-0.2, 0) is 29.3 Å². The van der Waals surface area contributed by atoms with Crippen molar-refractivity contribution >= 4 is 39.7 Å². The Balaban J connectivity index is 1.57. The van der Waals surface area contributed by atoms with E-state index in [1.165, 1.54) is 11.9 Å². The van der Waals surface area contributed by atoms with Gasteiger partial charge in [0.25, 0.3) is 11.8 Å². The lowest BCUT2D eigenvalue weighted by molar-refractivity contribution is -0.146. The van der Waals surface area contributed by atoms with Gasteiger partial charge in [0.1, 0.15) is 11.6 Å². The van der Waals surface area contributed by atoms with Crippen LogP contribution in [0, 0.1) is 5.92 Å². The minimum atomic E-state index is -4.27. The van der Waals surface area contributed by atoms with Crippen molar-refractivity contribution in [2.45, 2.75) is 69.1 Å². The number of benzene rings is 1. The number of amides is 4. The van der Waals surface area contributed by atoms with Gasteiger partial charge in [-0.3, -0.25) is 18.7 Å². The molecule has 39 heavy (non-hydrogen) atoms. The first-order chi connectivity index (χ1) is 18.5. The predicted molar refractivity (Wildman–Crippen MR) is 142 cm³/mol. The molecule has 1 aromatic carbocycles. The van der Waals surface area contributed by atoms with Crippen LogP contribution in [0.5, 0.6) is 0 Å². The monoisotopic (exact) mass is 561 g/mol. The van der Waals surface area contributed by atoms with Gasteiger partial charge in [-0.15, -0.1) is 0 Å². The van der Waals surface area contributed by atoms with Crippen LogP contribution in [0.1, 0.15) is 51.4 Å². The summed E-state index contributed by atoms with van der Waals surface area (Å²) in [5.74, 6) is -2.31. The lowest BCUT2D eigenvalue weighted by atomic mass is 10.1. The van der Waals surface area contributed by atoms with Gasteiger partial charge < -0.3 is 20.7 Å². The number of fused-ring (bicyclic) bond motifs is 2. The number of hydrogen-bond donors (Lipinski definition) is 3. The average molecular weight is 562 g/mol. The third kappa shape index (κ3) is 6.35. The highest BCUT2D eigenvalue weighted by atomic mass is 32.2. The molecule has 4 rings (SSSR count). The fraction of sp³-hybridized carbons (Fsp3) is 0.538. The molecule has 2 fully saturated rings. The zero-order valence-electron chi connectivity index (χ0n) is 21.9. The molecule has 4 amide bonds. The van der Waals surface area contributed by atoms with Crippen LogP contribution in [0.3, 0.4) is 0 Å². The van der Waals surface area contributed by atoms with Crippen molar-refractivity contribution in [3.05, 3.63) is 42.5 Å². The summed E-state index contributed by atoms with van der Waals surface area (Å²) in [6, 6.07) is 7.40. The quantitative estimate of drug-likeness (QED) is 0.456. The number of primary amides is 1. The summed E-state index contributed by atoms with van der Waals surface area (Å²) in [4.78, 5) is 53.0. The number of nitrogens with one attached hydrogen (secondary N) is 2. The van der Waals surface area contributed by atoms with Gasteiger partial charge in [-0.1, -0.05) is 36.8 Å². The first kappa shape index (κ1) is 28.4. The van der Waals surface area contributed by atoms with Crippen LogP contribution in [0.25, 0.3) is 0 Å². The summed E-state index contributed by atoms with van der Waals surface area (Å²) >= 11 is 0. The number of anilines is 1. The third-order valence-electron chi connectivity index (χ3n) is 7.55. The van der Waals surface area contributed by atoms with Crippen molar-refractivity contribution < 1.29 is 32.3 Å². The van der Waals surface area contributed by atoms with E-state index in [1.807, 2.05) is 12.2 Å². The Morgan fingerprint density at radius 1 is 1.13 bits per heavy atom. The third-order valence-corrected chi connectivity index (χ3v) is 8.92. The van der Waals surface area contributed by atoms with Crippen LogP contribution in [-0.4, -0.2) is 68.4 Å². The molecule has 0 aromatic heterocycles. The van der Waals surface area contributed by atoms with Crippen molar-refractivity contribution in [3.63, 3.8) is 0 Å². The van der Waals surface area contributed by atoms with E-state index in [4.69, 9.17) is 10.5 Å². The molecule has 212 valence electrons. The molecule has 0 spiro atoms. The first-order valence-electron chi connectivity index (χ1n) is 13.2. The summed E-state index contributed by atoms with van der Waals surface area (Å²) in [5.41, 5.74) is 4.09. The molecule has 4 unspecified atom stereocenters. The van der Waals surface area contributed by atoms with Crippen molar-refractivity contribution in [1.82, 2.24) is 14.9 Å². The summed E-state index contributed by atoms with van der Waals surface area (Å²) in [5, 5.41) is 2.77. The summed E-state index contributed by atoms with van der Waals surface area (Å²) in [6.07, 6.45) is 5.91. The summed E-state index contributed by atoms with van der Waals surface area (Å²) in [6.45, 7) is 0.286. The van der Waals surface area contributed by atoms with Gasteiger partial charge in [-0.25, -0.2) is 9.52 Å². The van der Waals surface area contributed by atoms with Crippen LogP contribution in [0.15, 0.2) is 42.5 Å². The number of carbonyl (C=O) groups is 4. The van der Waals surface area contributed by atoms with E-state index in [2.05, 4.69) is 10.0 Å². The van der Waals surface area contributed by atoms with Gasteiger partial charge in [0.15, 0.2) is 6.10 Å². The van der Waals surface area contributed by atoms with Gasteiger partial charge in [0.05, 0.1) is 5.69 Å². The molecule has 0 radical (unpaired) electrons. The topological polar surface area (TPSA) is 168 Å². The van der Waals surface area contributed by atoms with Crippen LogP contribution in [0.2, 0.25) is 0 Å². The Bertz CT molecular complexity index is 1240. The number of nitrogens with two attached hydrogens (primary N) is 1. The highest BCUT2D eigenvalue weighted by molar-refractivity contribution is 7.91. The Kier molecular flexibility index (Phi) is 8.48. The summed E-state index contributed by atoms with van der Waals surface area (Å²) in [7, 11) is -2.94. The minimum Gasteiger partial charge on any atom is -0.436 e. The molecule has 4 N–H and O–H groups in total. The number of rotatable bonds is 5. The number of allylic oxidation sites excluding steroid dienone is 1. The second-order valence-electron chi connectivity index (χ2n) is 10.2. The maximum absolute atomic E-state index is 13.5. The highest BCUT2D eigenvalue weighted by Crippen LogP contribution is 2.45. The maximum atomic E-state index is 13.5. The molecular weight excluding hydrogens is 526 g/mol. The zero-order valence-corrected chi connectivity index (χ0v) is 22.7. The van der Waals surface area contributed by atoms with Crippen LogP contribution >= 0.6 is 0 Å². The fourth-order valence-corrected chi connectivity index (χ4v) is 6.18. The standard InChI is InChI=1S/C26H35N5O7S/c1-30(19-12-7-5-8-13-19)39(36,37)29-24(34)26-17-18(26)11-6-3-2-4-9-15-21(38-25(27)35)23(33)31-16-10-14-20(31)22(32)28-26/h5-8,11-13,18,20-21H,2-4,9-10,14-17H2,1H3,(H2,27,35)(H,28,32)(H,29,34)/b11-6+. The van der Waals surface area contributed by atoms with Crippen molar-refractivity contribution in [2.24, 2.45) is 11.7 Å². The smallest absolute Gasteiger partial charge is 0.405 e. The zero-order chi connectivity index (χ0) is 28.2. The maximum Gasteiger partial charge on any atom is 0.405 e. The van der Waals surface area contributed by atoms with E-state index in [-0.39, 0.29) is 19.4 Å². The molecule has 2 aliphatic heterocycles. The molecule has 0 bridgehead atoms. The number of carbonyl (C=O) groups excluding carboxylic acids is 4. The van der Waals surface area contributed by atoms with Crippen LogP contribution < -0.4 is 20.1 Å².